The number of rotatable bonds is 5. The van der Waals surface area contributed by atoms with E-state index < -0.39 is 0 Å². The third kappa shape index (κ3) is 5.66. The van der Waals surface area contributed by atoms with Gasteiger partial charge in [-0.05, 0) is 57.8 Å². The molecule has 4 heterocycles. The third-order valence-electron chi connectivity index (χ3n) is 12.6. The number of hydrogen-bond acceptors (Lipinski definition) is 4. The summed E-state index contributed by atoms with van der Waals surface area (Å²) in [6, 6.07) is 74.9. The van der Waals surface area contributed by atoms with Gasteiger partial charge < -0.3 is 4.42 Å². The molecule has 0 aliphatic rings. The van der Waals surface area contributed by atoms with E-state index in [1.54, 1.807) is 0 Å². The van der Waals surface area contributed by atoms with Gasteiger partial charge in [-0.3, -0.25) is 0 Å². The number of benzene rings is 9. The van der Waals surface area contributed by atoms with Crippen molar-refractivity contribution in [2.45, 2.75) is 0 Å². The fraction of sp³-hybridized carbons (Fsp3) is 0. The Balaban J connectivity index is 0.951. The van der Waals surface area contributed by atoms with Gasteiger partial charge in [-0.25, -0.2) is 15.0 Å². The van der Waals surface area contributed by atoms with E-state index in [0.717, 1.165) is 116 Å². The number of aromatic nitrogens is 3. The molecular weight excluding hydrogens is 767 g/mol. The Morgan fingerprint density at radius 3 is 1.62 bits per heavy atom. The topological polar surface area (TPSA) is 51.8 Å². The lowest BCUT2D eigenvalue weighted by Gasteiger charge is -2.16. The van der Waals surface area contributed by atoms with Crippen LogP contribution in [0.3, 0.4) is 0 Å². The van der Waals surface area contributed by atoms with E-state index in [-0.39, 0.29) is 0 Å². The molecule has 0 aliphatic heterocycles. The molecule has 13 aromatic rings. The molecule has 0 unspecified atom stereocenters. The van der Waals surface area contributed by atoms with Gasteiger partial charge >= 0.3 is 0 Å². The largest absolute Gasteiger partial charge is 0.456 e. The summed E-state index contributed by atoms with van der Waals surface area (Å²) in [6.45, 7) is 0. The summed E-state index contributed by atoms with van der Waals surface area (Å²) >= 11 is 0. The molecule has 4 nitrogen and oxygen atoms in total. The van der Waals surface area contributed by atoms with Crippen LogP contribution in [0, 0.1) is 0 Å². The zero-order chi connectivity index (χ0) is 41.4. The predicted molar refractivity (Wildman–Crippen MR) is 262 cm³/mol. The Morgan fingerprint density at radius 1 is 0.317 bits per heavy atom. The lowest BCUT2D eigenvalue weighted by molar-refractivity contribution is 0.669. The van der Waals surface area contributed by atoms with Gasteiger partial charge in [0.2, 0.25) is 0 Å². The Hall–Kier alpha value is -8.47. The molecular formula is C59H35N3O. The summed E-state index contributed by atoms with van der Waals surface area (Å²) in [6.07, 6.45) is 0. The summed E-state index contributed by atoms with van der Waals surface area (Å²) in [7, 11) is 0. The average molecular weight is 802 g/mol. The molecule has 13 rings (SSSR count). The van der Waals surface area contributed by atoms with Crippen LogP contribution in [0.4, 0.5) is 0 Å². The van der Waals surface area contributed by atoms with Crippen LogP contribution in [-0.2, 0) is 0 Å². The van der Waals surface area contributed by atoms with Crippen molar-refractivity contribution in [3.8, 4) is 56.0 Å². The van der Waals surface area contributed by atoms with E-state index in [1.165, 1.54) is 16.3 Å². The highest BCUT2D eigenvalue weighted by Crippen LogP contribution is 2.46. The van der Waals surface area contributed by atoms with E-state index in [2.05, 4.69) is 200 Å². The zero-order valence-electron chi connectivity index (χ0n) is 34.0. The molecule has 0 spiro atoms. The van der Waals surface area contributed by atoms with Crippen molar-refractivity contribution in [1.82, 2.24) is 15.0 Å². The molecule has 9 aromatic carbocycles. The minimum Gasteiger partial charge on any atom is -0.456 e. The molecule has 63 heavy (non-hydrogen) atoms. The van der Waals surface area contributed by atoms with Crippen LogP contribution in [-0.4, -0.2) is 15.0 Å². The molecule has 0 N–H and O–H groups in total. The molecule has 0 fully saturated rings. The molecule has 0 amide bonds. The Bertz CT molecular complexity index is 3950. The van der Waals surface area contributed by atoms with E-state index in [9.17, 15) is 0 Å². The first-order chi connectivity index (χ1) is 31.2. The summed E-state index contributed by atoms with van der Waals surface area (Å²) in [5.74, 6) is 0. The standard InChI is InChI=1S/C59H35N3O/c1-3-13-37(14-4-1)49-33-29-40-27-28-41-30-34-51(62-59(41)58(40)60-49)45-32-31-42(43-17-7-8-18-44(43)45)36-23-25-39(26-24-36)57-48-35-53-56(47-20-10-12-22-52(47)63-53)54(38-15-5-2-6-16-38)55(48)46-19-9-11-21-50(46)61-57/h1-35H. The summed E-state index contributed by atoms with van der Waals surface area (Å²) in [5.41, 5.74) is 15.1. The number of para-hydroxylation sites is 2. The second-order valence-electron chi connectivity index (χ2n) is 16.2. The first-order valence-corrected chi connectivity index (χ1v) is 21.3. The lowest BCUT2D eigenvalue weighted by Crippen LogP contribution is -1.93. The Kier molecular flexibility index (Phi) is 7.87. The van der Waals surface area contributed by atoms with E-state index in [0.29, 0.717) is 0 Å². The average Bonchev–Trinajstić information content (AvgIpc) is 3.73. The smallest absolute Gasteiger partial charge is 0.136 e. The number of hydrogen-bond donors (Lipinski definition) is 0. The maximum atomic E-state index is 6.61. The predicted octanol–water partition coefficient (Wildman–Crippen LogP) is 15.9. The van der Waals surface area contributed by atoms with Gasteiger partial charge in [0.1, 0.15) is 11.2 Å². The lowest BCUT2D eigenvalue weighted by atomic mass is 9.89. The molecule has 292 valence electrons. The second-order valence-corrected chi connectivity index (χ2v) is 16.2. The van der Waals surface area contributed by atoms with Gasteiger partial charge in [-0.15, -0.1) is 0 Å². The van der Waals surface area contributed by atoms with Crippen LogP contribution in [0.5, 0.6) is 0 Å². The van der Waals surface area contributed by atoms with Gasteiger partial charge in [0.25, 0.3) is 0 Å². The Morgan fingerprint density at radius 2 is 0.873 bits per heavy atom. The zero-order valence-corrected chi connectivity index (χ0v) is 34.0. The highest BCUT2D eigenvalue weighted by Gasteiger charge is 2.22. The van der Waals surface area contributed by atoms with Gasteiger partial charge in [0.05, 0.1) is 33.6 Å². The monoisotopic (exact) mass is 801 g/mol. The summed E-state index contributed by atoms with van der Waals surface area (Å²) in [4.78, 5) is 15.9. The molecule has 0 saturated heterocycles. The van der Waals surface area contributed by atoms with Crippen LogP contribution >= 0.6 is 0 Å². The fourth-order valence-electron chi connectivity index (χ4n) is 9.70. The summed E-state index contributed by atoms with van der Waals surface area (Å²) in [5, 5.41) is 10.0. The van der Waals surface area contributed by atoms with Crippen LogP contribution in [0.1, 0.15) is 0 Å². The number of pyridine rings is 3. The highest BCUT2D eigenvalue weighted by molar-refractivity contribution is 6.27. The maximum absolute atomic E-state index is 6.61. The molecule has 0 aliphatic carbocycles. The minimum absolute atomic E-state index is 0.853. The van der Waals surface area contributed by atoms with Crippen molar-refractivity contribution in [3.63, 3.8) is 0 Å². The molecule has 4 aromatic heterocycles. The fourth-order valence-corrected chi connectivity index (χ4v) is 9.70. The normalized spacial score (nSPS) is 11.8. The Labute approximate surface area is 362 Å². The highest BCUT2D eigenvalue weighted by atomic mass is 16.3. The molecule has 0 atom stereocenters. The van der Waals surface area contributed by atoms with Crippen molar-refractivity contribution >= 4 is 76.2 Å². The first-order valence-electron chi connectivity index (χ1n) is 21.3. The number of nitrogens with zero attached hydrogens (tertiary/aromatic N) is 3. The summed E-state index contributed by atoms with van der Waals surface area (Å²) < 4.78 is 6.61. The molecule has 4 heteroatoms. The molecule has 0 saturated carbocycles. The van der Waals surface area contributed by atoms with Crippen LogP contribution in [0.15, 0.2) is 217 Å². The van der Waals surface area contributed by atoms with E-state index >= 15 is 0 Å². The van der Waals surface area contributed by atoms with Crippen LogP contribution < -0.4 is 0 Å². The second kappa shape index (κ2) is 14.1. The SMILES string of the molecule is c1ccc(-c2ccc3ccc4ccc(-c5ccc(-c6ccc(-c7nc8ccccc8c8c(-c9ccccc9)c9c(cc78)oc7ccccc79)cc6)c6ccccc56)nc4c3n2)cc1. The van der Waals surface area contributed by atoms with Crippen molar-refractivity contribution in [3.05, 3.63) is 212 Å². The van der Waals surface area contributed by atoms with Gasteiger partial charge in [-0.1, -0.05) is 182 Å². The van der Waals surface area contributed by atoms with Gasteiger partial charge in [0.15, 0.2) is 0 Å². The van der Waals surface area contributed by atoms with Gasteiger partial charge in [0, 0.05) is 60.0 Å². The van der Waals surface area contributed by atoms with E-state index in [4.69, 9.17) is 19.4 Å². The van der Waals surface area contributed by atoms with E-state index in [1.807, 2.05) is 12.1 Å². The molecule has 0 bridgehead atoms. The minimum atomic E-state index is 0.853. The quantitative estimate of drug-likeness (QED) is 0.163. The van der Waals surface area contributed by atoms with Crippen molar-refractivity contribution in [1.29, 1.82) is 0 Å². The number of fused-ring (bicyclic) bond motifs is 10. The molecule has 0 radical (unpaired) electrons. The van der Waals surface area contributed by atoms with Crippen LogP contribution in [0.2, 0.25) is 0 Å². The van der Waals surface area contributed by atoms with Crippen molar-refractivity contribution in [2.75, 3.05) is 0 Å². The van der Waals surface area contributed by atoms with Gasteiger partial charge in [-0.2, -0.15) is 0 Å². The van der Waals surface area contributed by atoms with Crippen LogP contribution in [0.25, 0.3) is 132 Å². The van der Waals surface area contributed by atoms with Crippen molar-refractivity contribution < 1.29 is 4.42 Å². The third-order valence-corrected chi connectivity index (χ3v) is 12.6. The first kappa shape index (κ1) is 35.3. The number of furan rings is 1. The maximum Gasteiger partial charge on any atom is 0.136 e. The van der Waals surface area contributed by atoms with Crippen molar-refractivity contribution in [2.24, 2.45) is 0 Å².